The van der Waals surface area contributed by atoms with Crippen LogP contribution in [0.25, 0.3) is 0 Å². The van der Waals surface area contributed by atoms with Crippen LogP contribution in [0.5, 0.6) is 0 Å². The monoisotopic (exact) mass is 267 g/mol. The number of ether oxygens (including phenoxy) is 1. The molecule has 1 N–H and O–H groups in total. The van der Waals surface area contributed by atoms with E-state index in [2.05, 4.69) is 30.1 Å². The summed E-state index contributed by atoms with van der Waals surface area (Å²) in [5.74, 6) is 0. The standard InChI is InChI=1S/C15H29N3O/c1-4-15(13-16,17-3)9-7-10-18(5-2)12-14-8-6-11-19-14/h14,17H,4-12H2,1-3H3. The Hall–Kier alpha value is -0.630. The van der Waals surface area contributed by atoms with Gasteiger partial charge in [-0.25, -0.2) is 0 Å². The van der Waals surface area contributed by atoms with Gasteiger partial charge in [0.05, 0.1) is 12.2 Å². The summed E-state index contributed by atoms with van der Waals surface area (Å²) in [5, 5.41) is 12.5. The fourth-order valence-electron chi connectivity index (χ4n) is 2.73. The van der Waals surface area contributed by atoms with Gasteiger partial charge in [0, 0.05) is 13.2 Å². The van der Waals surface area contributed by atoms with Crippen LogP contribution in [-0.2, 0) is 4.74 Å². The second-order valence-electron chi connectivity index (χ2n) is 5.43. The van der Waals surface area contributed by atoms with Crippen LogP contribution in [0.15, 0.2) is 0 Å². The molecule has 0 aromatic heterocycles. The Balaban J connectivity index is 2.30. The van der Waals surface area contributed by atoms with Gasteiger partial charge in [-0.05, 0) is 52.2 Å². The van der Waals surface area contributed by atoms with Gasteiger partial charge < -0.3 is 15.0 Å². The van der Waals surface area contributed by atoms with Crippen molar-refractivity contribution in [1.29, 1.82) is 5.26 Å². The molecule has 110 valence electrons. The topological polar surface area (TPSA) is 48.3 Å². The summed E-state index contributed by atoms with van der Waals surface area (Å²) < 4.78 is 5.69. The molecule has 0 aromatic rings. The Kier molecular flexibility index (Phi) is 7.37. The summed E-state index contributed by atoms with van der Waals surface area (Å²) in [6, 6.07) is 2.43. The Labute approximate surface area is 118 Å². The number of nitriles is 1. The number of hydrogen-bond acceptors (Lipinski definition) is 4. The van der Waals surface area contributed by atoms with Crippen LogP contribution < -0.4 is 5.32 Å². The normalized spacial score (nSPS) is 22.4. The Morgan fingerprint density at radius 2 is 2.26 bits per heavy atom. The average Bonchev–Trinajstić information content (AvgIpc) is 2.96. The molecule has 0 amide bonds. The van der Waals surface area contributed by atoms with Gasteiger partial charge in [-0.1, -0.05) is 13.8 Å². The first-order valence-corrected chi connectivity index (χ1v) is 7.63. The molecule has 1 fully saturated rings. The van der Waals surface area contributed by atoms with Gasteiger partial charge >= 0.3 is 0 Å². The molecule has 4 heteroatoms. The highest BCUT2D eigenvalue weighted by Crippen LogP contribution is 2.17. The number of nitrogens with one attached hydrogen (secondary N) is 1. The van der Waals surface area contributed by atoms with Crippen LogP contribution in [0.1, 0.15) is 46.0 Å². The first-order chi connectivity index (χ1) is 9.19. The van der Waals surface area contributed by atoms with Crippen molar-refractivity contribution in [2.24, 2.45) is 0 Å². The van der Waals surface area contributed by atoms with Crippen LogP contribution in [0.2, 0.25) is 0 Å². The summed E-state index contributed by atoms with van der Waals surface area (Å²) in [6.07, 6.45) is 5.66. The summed E-state index contributed by atoms with van der Waals surface area (Å²) in [5.41, 5.74) is -0.344. The van der Waals surface area contributed by atoms with Crippen LogP contribution in [0, 0.1) is 11.3 Å². The molecule has 1 aliphatic heterocycles. The van der Waals surface area contributed by atoms with Gasteiger partial charge in [-0.3, -0.25) is 0 Å². The maximum atomic E-state index is 9.28. The second kappa shape index (κ2) is 8.52. The number of hydrogen-bond donors (Lipinski definition) is 1. The van der Waals surface area contributed by atoms with Crippen LogP contribution in [0.4, 0.5) is 0 Å². The maximum Gasteiger partial charge on any atom is 0.106 e. The molecule has 1 rings (SSSR count). The van der Waals surface area contributed by atoms with Gasteiger partial charge in [0.15, 0.2) is 0 Å². The van der Waals surface area contributed by atoms with E-state index in [1.807, 2.05) is 7.05 Å². The lowest BCUT2D eigenvalue weighted by Crippen LogP contribution is -2.42. The molecule has 0 aliphatic carbocycles. The highest BCUT2D eigenvalue weighted by atomic mass is 16.5. The van der Waals surface area contributed by atoms with Crippen molar-refractivity contribution in [3.63, 3.8) is 0 Å². The van der Waals surface area contributed by atoms with Crippen LogP contribution >= 0.6 is 0 Å². The zero-order valence-corrected chi connectivity index (χ0v) is 12.7. The Morgan fingerprint density at radius 1 is 1.47 bits per heavy atom. The smallest absolute Gasteiger partial charge is 0.106 e. The molecule has 4 nitrogen and oxygen atoms in total. The van der Waals surface area contributed by atoms with Gasteiger partial charge in [0.2, 0.25) is 0 Å². The molecule has 19 heavy (non-hydrogen) atoms. The molecule has 2 unspecified atom stereocenters. The zero-order valence-electron chi connectivity index (χ0n) is 12.7. The lowest BCUT2D eigenvalue weighted by molar-refractivity contribution is 0.0737. The quantitative estimate of drug-likeness (QED) is 0.695. The number of nitrogens with zero attached hydrogens (tertiary/aromatic N) is 2. The van der Waals surface area contributed by atoms with E-state index in [0.29, 0.717) is 6.10 Å². The highest BCUT2D eigenvalue weighted by molar-refractivity contribution is 5.05. The van der Waals surface area contributed by atoms with Gasteiger partial charge in [0.1, 0.15) is 5.54 Å². The highest BCUT2D eigenvalue weighted by Gasteiger charge is 2.25. The van der Waals surface area contributed by atoms with Gasteiger partial charge in [-0.2, -0.15) is 5.26 Å². The Bertz CT molecular complexity index is 278. The van der Waals surface area contributed by atoms with E-state index in [1.165, 1.54) is 12.8 Å². The average molecular weight is 267 g/mol. The second-order valence-corrected chi connectivity index (χ2v) is 5.43. The fourth-order valence-corrected chi connectivity index (χ4v) is 2.73. The predicted octanol–water partition coefficient (Wildman–Crippen LogP) is 2.16. The van der Waals surface area contributed by atoms with Crippen molar-refractivity contribution >= 4 is 0 Å². The molecule has 0 saturated carbocycles. The van der Waals surface area contributed by atoms with Crippen LogP contribution in [0.3, 0.4) is 0 Å². The van der Waals surface area contributed by atoms with E-state index >= 15 is 0 Å². The minimum absolute atomic E-state index is 0.344. The minimum atomic E-state index is -0.344. The third-order valence-electron chi connectivity index (χ3n) is 4.31. The third-order valence-corrected chi connectivity index (χ3v) is 4.31. The predicted molar refractivity (Wildman–Crippen MR) is 78.0 cm³/mol. The first-order valence-electron chi connectivity index (χ1n) is 7.63. The minimum Gasteiger partial charge on any atom is -0.377 e. The molecular formula is C15H29N3O. The van der Waals surface area contributed by atoms with Crippen molar-refractivity contribution in [2.75, 3.05) is 33.3 Å². The number of rotatable bonds is 9. The molecule has 2 atom stereocenters. The zero-order chi connectivity index (χ0) is 14.1. The number of likely N-dealkylation sites (N-methyl/N-ethyl adjacent to an activating group) is 1. The molecular weight excluding hydrogens is 238 g/mol. The van der Waals surface area contributed by atoms with E-state index < -0.39 is 0 Å². The summed E-state index contributed by atoms with van der Waals surface area (Å²) in [7, 11) is 1.89. The molecule has 1 aliphatic rings. The summed E-state index contributed by atoms with van der Waals surface area (Å²) in [6.45, 7) is 8.36. The van der Waals surface area contributed by atoms with Gasteiger partial charge in [-0.15, -0.1) is 0 Å². The van der Waals surface area contributed by atoms with E-state index in [9.17, 15) is 5.26 Å². The van der Waals surface area contributed by atoms with Crippen molar-refractivity contribution < 1.29 is 4.74 Å². The molecule has 1 saturated heterocycles. The van der Waals surface area contributed by atoms with Gasteiger partial charge in [0.25, 0.3) is 0 Å². The molecule has 0 bridgehead atoms. The van der Waals surface area contributed by atoms with Crippen molar-refractivity contribution in [3.8, 4) is 6.07 Å². The lowest BCUT2D eigenvalue weighted by Gasteiger charge is -2.27. The largest absolute Gasteiger partial charge is 0.377 e. The third kappa shape index (κ3) is 5.10. The van der Waals surface area contributed by atoms with Crippen molar-refractivity contribution in [3.05, 3.63) is 0 Å². The Morgan fingerprint density at radius 3 is 2.74 bits per heavy atom. The van der Waals surface area contributed by atoms with E-state index in [-0.39, 0.29) is 5.54 Å². The lowest BCUT2D eigenvalue weighted by atomic mass is 9.92. The van der Waals surface area contributed by atoms with E-state index in [0.717, 1.165) is 45.5 Å². The van der Waals surface area contributed by atoms with Crippen molar-refractivity contribution in [2.45, 2.75) is 57.6 Å². The maximum absolute atomic E-state index is 9.28. The van der Waals surface area contributed by atoms with E-state index in [4.69, 9.17) is 4.74 Å². The first kappa shape index (κ1) is 16.4. The SMILES string of the molecule is CCN(CCCC(C#N)(CC)NC)CC1CCCO1. The molecule has 0 radical (unpaired) electrons. The molecule has 0 spiro atoms. The summed E-state index contributed by atoms with van der Waals surface area (Å²) in [4.78, 5) is 2.45. The molecule has 1 heterocycles. The fraction of sp³-hybridized carbons (Fsp3) is 0.933. The molecule has 0 aromatic carbocycles. The summed E-state index contributed by atoms with van der Waals surface area (Å²) >= 11 is 0. The van der Waals surface area contributed by atoms with Crippen molar-refractivity contribution in [1.82, 2.24) is 10.2 Å². The van der Waals surface area contributed by atoms with E-state index in [1.54, 1.807) is 0 Å². The van der Waals surface area contributed by atoms with Crippen LogP contribution in [-0.4, -0.2) is 49.8 Å².